The van der Waals surface area contributed by atoms with E-state index < -0.39 is 30.1 Å². The summed E-state index contributed by atoms with van der Waals surface area (Å²) in [4.78, 5) is 38.2. The third-order valence-electron chi connectivity index (χ3n) is 5.85. The van der Waals surface area contributed by atoms with Crippen molar-refractivity contribution in [3.63, 3.8) is 0 Å². The van der Waals surface area contributed by atoms with Crippen LogP contribution in [0.3, 0.4) is 0 Å². The Bertz CT molecular complexity index is 1430. The number of imidazole rings is 1. The van der Waals surface area contributed by atoms with Gasteiger partial charge in [0.05, 0.1) is 6.33 Å². The number of furan rings is 1. The van der Waals surface area contributed by atoms with Crippen LogP contribution in [0.15, 0.2) is 47.1 Å². The number of benzene rings is 1. The summed E-state index contributed by atoms with van der Waals surface area (Å²) in [7, 11) is 1.70. The number of ether oxygens (including phenoxy) is 1. The maximum atomic E-state index is 12.5. The number of likely N-dealkylation sites (N-methyl/N-ethyl adjacent to an activating group) is 1. The van der Waals surface area contributed by atoms with Gasteiger partial charge in [0.1, 0.15) is 5.76 Å². The number of aryl methyl sites for hydroxylation is 1. The van der Waals surface area contributed by atoms with E-state index in [1.807, 2.05) is 37.3 Å². The quantitative estimate of drug-likeness (QED) is 0.356. The Morgan fingerprint density at radius 3 is 2.69 bits per heavy atom. The molecule has 0 spiro atoms. The average molecular weight is 476 g/mol. The number of amides is 1. The molecule has 180 valence electrons. The van der Waals surface area contributed by atoms with Crippen molar-refractivity contribution in [1.82, 2.24) is 24.8 Å². The zero-order valence-corrected chi connectivity index (χ0v) is 19.3. The van der Waals surface area contributed by atoms with Gasteiger partial charge in [0, 0.05) is 19.2 Å². The molecule has 0 unspecified atom stereocenters. The highest BCUT2D eigenvalue weighted by Crippen LogP contribution is 2.33. The van der Waals surface area contributed by atoms with Gasteiger partial charge in [-0.1, -0.05) is 24.3 Å². The maximum absolute atomic E-state index is 12.5. The Morgan fingerprint density at radius 2 is 1.94 bits per heavy atom. The first-order valence-corrected chi connectivity index (χ1v) is 11.2. The van der Waals surface area contributed by atoms with Gasteiger partial charge in [-0.3, -0.25) is 14.2 Å². The molecule has 11 nitrogen and oxygen atoms in total. The first-order chi connectivity index (χ1) is 16.9. The predicted octanol–water partition coefficient (Wildman–Crippen LogP) is 2.07. The van der Waals surface area contributed by atoms with Gasteiger partial charge < -0.3 is 24.9 Å². The summed E-state index contributed by atoms with van der Waals surface area (Å²) in [6.45, 7) is 4.06. The monoisotopic (exact) mass is 476 g/mol. The zero-order chi connectivity index (χ0) is 24.7. The minimum Gasteiger partial charge on any atom is -0.453 e. The van der Waals surface area contributed by atoms with Crippen molar-refractivity contribution in [2.45, 2.75) is 32.3 Å². The number of nitrogens with one attached hydrogen (secondary N) is 2. The minimum absolute atomic E-state index is 0.280. The number of hydrogen-bond acceptors (Lipinski definition) is 9. The zero-order valence-electron chi connectivity index (χ0n) is 19.3. The lowest BCUT2D eigenvalue weighted by Crippen LogP contribution is -2.39. The van der Waals surface area contributed by atoms with Crippen molar-refractivity contribution >= 4 is 28.7 Å². The molecule has 4 heterocycles. The van der Waals surface area contributed by atoms with Crippen LogP contribution in [-0.2, 0) is 14.3 Å². The highest BCUT2D eigenvalue weighted by Gasteiger charge is 2.47. The Morgan fingerprint density at radius 1 is 1.17 bits per heavy atom. The topological polar surface area (TPSA) is 144 Å². The van der Waals surface area contributed by atoms with Crippen LogP contribution in [0, 0.1) is 6.92 Å². The first kappa shape index (κ1) is 22.7. The van der Waals surface area contributed by atoms with Crippen LogP contribution in [0.5, 0.6) is 0 Å². The number of nitrogens with zero attached hydrogens (tertiary/aromatic N) is 4. The molecule has 1 aliphatic heterocycles. The number of anilines is 1. The van der Waals surface area contributed by atoms with E-state index in [9.17, 15) is 14.7 Å². The summed E-state index contributed by atoms with van der Waals surface area (Å²) in [5.41, 5.74) is 2.74. The van der Waals surface area contributed by atoms with Crippen molar-refractivity contribution < 1.29 is 23.8 Å². The minimum atomic E-state index is -1.56. The highest BCUT2D eigenvalue weighted by atomic mass is 16.5. The smallest absolute Gasteiger partial charge is 0.257 e. The molecule has 1 saturated heterocycles. The van der Waals surface area contributed by atoms with E-state index in [-0.39, 0.29) is 5.82 Å². The molecular weight excluding hydrogens is 452 g/mol. The molecular formula is C24H24N6O5. The number of carbonyl (C=O) groups excluding carboxylic acids is 2. The number of Topliss-reactive ketones (excluding diaryl/α,β-unsaturated/α-hetero) is 1. The summed E-state index contributed by atoms with van der Waals surface area (Å²) in [6, 6.07) is 11.5. The summed E-state index contributed by atoms with van der Waals surface area (Å²) in [6.07, 6.45) is -2.76. The molecule has 11 heteroatoms. The lowest BCUT2D eigenvalue weighted by Gasteiger charge is -2.16. The number of aromatic nitrogens is 4. The van der Waals surface area contributed by atoms with Crippen LogP contribution in [0.25, 0.3) is 34.1 Å². The lowest BCUT2D eigenvalue weighted by molar-refractivity contribution is -0.139. The third-order valence-corrected chi connectivity index (χ3v) is 5.85. The standard InChI is InChI=1S/C24H24N6O5/c1-4-26-23(33)19-17(31)18(32)24(35-19)30-11-27-16-21(25-3)28-20(29-22(16)30)15-10-9-14(34-15)13-8-6-5-7-12(13)2/h5-11,18-19,24,32H,4H2,1-3H3,(H,26,33)(H,25,28,29)/t18-,19+,24-/m1/s1. The Hall–Kier alpha value is -4.09. The highest BCUT2D eigenvalue weighted by molar-refractivity contribution is 6.07. The summed E-state index contributed by atoms with van der Waals surface area (Å²) >= 11 is 0. The van der Waals surface area contributed by atoms with Crippen LogP contribution < -0.4 is 10.6 Å². The fourth-order valence-electron chi connectivity index (χ4n) is 4.09. The van der Waals surface area contributed by atoms with E-state index in [4.69, 9.17) is 9.15 Å². The molecule has 0 bridgehead atoms. The lowest BCUT2D eigenvalue weighted by atomic mass is 10.1. The van der Waals surface area contributed by atoms with Crippen LogP contribution in [0.2, 0.25) is 0 Å². The van der Waals surface area contributed by atoms with E-state index >= 15 is 0 Å². The summed E-state index contributed by atoms with van der Waals surface area (Å²) in [5, 5.41) is 16.1. The van der Waals surface area contributed by atoms with Gasteiger partial charge in [0.2, 0.25) is 5.78 Å². The molecule has 3 aromatic heterocycles. The van der Waals surface area contributed by atoms with Crippen molar-refractivity contribution in [3.8, 4) is 22.9 Å². The number of carbonyl (C=O) groups is 2. The van der Waals surface area contributed by atoms with Crippen molar-refractivity contribution in [2.24, 2.45) is 0 Å². The molecule has 3 N–H and O–H groups in total. The average Bonchev–Trinajstić information content (AvgIpc) is 3.57. The van der Waals surface area contributed by atoms with E-state index in [1.165, 1.54) is 10.9 Å². The van der Waals surface area contributed by atoms with Crippen molar-refractivity contribution in [1.29, 1.82) is 0 Å². The Balaban J connectivity index is 1.55. The Labute approximate surface area is 200 Å². The van der Waals surface area contributed by atoms with Gasteiger partial charge in [0.25, 0.3) is 5.91 Å². The van der Waals surface area contributed by atoms with Gasteiger partial charge in [0.15, 0.2) is 47.0 Å². The molecule has 0 radical (unpaired) electrons. The molecule has 1 fully saturated rings. The second-order valence-electron chi connectivity index (χ2n) is 8.10. The molecule has 35 heavy (non-hydrogen) atoms. The number of fused-ring (bicyclic) bond motifs is 1. The molecule has 1 amide bonds. The molecule has 1 aromatic carbocycles. The molecule has 0 aliphatic carbocycles. The summed E-state index contributed by atoms with van der Waals surface area (Å²) < 4.78 is 13.1. The molecule has 5 rings (SSSR count). The van der Waals surface area contributed by atoms with Crippen molar-refractivity contribution in [3.05, 3.63) is 48.3 Å². The number of ketones is 1. The van der Waals surface area contributed by atoms with E-state index in [2.05, 4.69) is 25.6 Å². The molecule has 0 saturated carbocycles. The van der Waals surface area contributed by atoms with Crippen LogP contribution in [0.4, 0.5) is 5.82 Å². The number of rotatable bonds is 6. The van der Waals surface area contributed by atoms with Crippen LogP contribution in [0.1, 0.15) is 18.7 Å². The fraction of sp³-hybridized carbons (Fsp3) is 0.292. The summed E-state index contributed by atoms with van der Waals surface area (Å²) in [5.74, 6) is 0.484. The number of aliphatic hydroxyl groups is 1. The number of hydrogen-bond donors (Lipinski definition) is 3. The van der Waals surface area contributed by atoms with Crippen LogP contribution in [-0.4, -0.2) is 62.1 Å². The van der Waals surface area contributed by atoms with E-state index in [0.29, 0.717) is 35.0 Å². The van der Waals surface area contributed by atoms with Gasteiger partial charge in [-0.15, -0.1) is 0 Å². The second-order valence-corrected chi connectivity index (χ2v) is 8.10. The molecule has 4 aromatic rings. The molecule has 1 aliphatic rings. The third kappa shape index (κ3) is 3.84. The SMILES string of the molecule is CCNC(=O)[C@H]1O[C@@H](n2cnc3c(NC)nc(-c4ccc(-c5ccccc5C)o4)nc32)[C@H](O)C1=O. The second kappa shape index (κ2) is 8.93. The first-order valence-electron chi connectivity index (χ1n) is 11.2. The van der Waals surface area contributed by atoms with Gasteiger partial charge >= 0.3 is 0 Å². The van der Waals surface area contributed by atoms with Crippen molar-refractivity contribution in [2.75, 3.05) is 18.9 Å². The van der Waals surface area contributed by atoms with Crippen LogP contribution >= 0.6 is 0 Å². The Kier molecular flexibility index (Phi) is 5.79. The van der Waals surface area contributed by atoms with Gasteiger partial charge in [-0.25, -0.2) is 15.0 Å². The van der Waals surface area contributed by atoms with Gasteiger partial charge in [-0.05, 0) is 31.5 Å². The maximum Gasteiger partial charge on any atom is 0.257 e. The van der Waals surface area contributed by atoms with E-state index in [0.717, 1.165) is 11.1 Å². The predicted molar refractivity (Wildman–Crippen MR) is 126 cm³/mol. The van der Waals surface area contributed by atoms with Gasteiger partial charge in [-0.2, -0.15) is 0 Å². The largest absolute Gasteiger partial charge is 0.453 e. The normalized spacial score (nSPS) is 19.9. The fourth-order valence-corrected chi connectivity index (χ4v) is 4.09. The van der Waals surface area contributed by atoms with E-state index in [1.54, 1.807) is 20.0 Å². The molecule has 3 atom stereocenters. The number of aliphatic hydroxyl groups excluding tert-OH is 1.